The van der Waals surface area contributed by atoms with Crippen LogP contribution in [0.1, 0.15) is 0 Å². The van der Waals surface area contributed by atoms with E-state index in [1.165, 1.54) is 42.5 Å². The maximum Gasteiger partial charge on any atom is 0.296 e. The Hall–Kier alpha value is -4.03. The van der Waals surface area contributed by atoms with Gasteiger partial charge in [0, 0.05) is 17.8 Å². The predicted octanol–water partition coefficient (Wildman–Crippen LogP) is 4.41. The summed E-state index contributed by atoms with van der Waals surface area (Å²) >= 11 is 0. The first-order valence-corrected chi connectivity index (χ1v) is 9.65. The lowest BCUT2D eigenvalue weighted by atomic mass is 10.2. The van der Waals surface area contributed by atoms with E-state index in [2.05, 4.69) is 15.5 Å². The molecule has 0 saturated carbocycles. The number of nitro benzene ring substituents is 1. The van der Waals surface area contributed by atoms with Gasteiger partial charge in [-0.3, -0.25) is 14.7 Å². The molecule has 0 heterocycles. The molecule has 0 radical (unpaired) electrons. The number of rotatable bonds is 6. The summed E-state index contributed by atoms with van der Waals surface area (Å²) < 4.78 is 32.5. The molecular formula is C18H14N4O7S. The molecule has 0 atom stereocenters. The van der Waals surface area contributed by atoms with Crippen molar-refractivity contribution in [2.45, 2.75) is 4.90 Å². The number of hydrogen-bond acceptors (Lipinski definition) is 9. The number of aromatic hydroxyl groups is 2. The molecule has 0 aliphatic heterocycles. The molecule has 0 unspecified atom stereocenters. The van der Waals surface area contributed by atoms with Crippen LogP contribution in [0.25, 0.3) is 0 Å². The van der Waals surface area contributed by atoms with Gasteiger partial charge in [-0.25, -0.2) is 0 Å². The Morgan fingerprint density at radius 3 is 2.13 bits per heavy atom. The van der Waals surface area contributed by atoms with Gasteiger partial charge in [0.15, 0.2) is 5.69 Å². The third-order valence-corrected chi connectivity index (χ3v) is 4.75. The van der Waals surface area contributed by atoms with Crippen molar-refractivity contribution < 1.29 is 28.1 Å². The number of nitrogens with one attached hydrogen (secondary N) is 1. The van der Waals surface area contributed by atoms with Gasteiger partial charge in [0.1, 0.15) is 16.4 Å². The van der Waals surface area contributed by atoms with Crippen LogP contribution in [0.4, 0.5) is 28.4 Å². The average Bonchev–Trinajstić information content (AvgIpc) is 2.68. The Labute approximate surface area is 169 Å². The minimum Gasteiger partial charge on any atom is -0.505 e. The number of nitrogens with zero attached hydrogens (tertiary/aromatic N) is 3. The molecule has 11 nitrogen and oxygen atoms in total. The Morgan fingerprint density at radius 1 is 0.933 bits per heavy atom. The van der Waals surface area contributed by atoms with Gasteiger partial charge in [-0.15, -0.1) is 5.11 Å². The maximum atomic E-state index is 11.6. The van der Waals surface area contributed by atoms with E-state index in [-0.39, 0.29) is 22.9 Å². The molecule has 12 heteroatoms. The van der Waals surface area contributed by atoms with Gasteiger partial charge in [-0.1, -0.05) is 6.07 Å². The monoisotopic (exact) mass is 430 g/mol. The van der Waals surface area contributed by atoms with Crippen molar-refractivity contribution in [3.8, 4) is 11.5 Å². The summed E-state index contributed by atoms with van der Waals surface area (Å²) in [6.07, 6.45) is 0. The van der Waals surface area contributed by atoms with Crippen molar-refractivity contribution >= 4 is 38.6 Å². The molecule has 0 bridgehead atoms. The molecule has 0 aromatic heterocycles. The van der Waals surface area contributed by atoms with Gasteiger partial charge < -0.3 is 15.5 Å². The smallest absolute Gasteiger partial charge is 0.296 e. The van der Waals surface area contributed by atoms with E-state index in [9.17, 15) is 33.3 Å². The molecule has 0 aliphatic rings. The molecule has 30 heavy (non-hydrogen) atoms. The summed E-state index contributed by atoms with van der Waals surface area (Å²) in [5.41, 5.74) is 0.122. The number of hydrogen-bond donors (Lipinski definition) is 4. The maximum absolute atomic E-state index is 11.6. The molecule has 0 aliphatic carbocycles. The second-order valence-corrected chi connectivity index (χ2v) is 7.32. The molecule has 4 N–H and O–H groups in total. The number of azo groups is 1. The third-order valence-electron chi connectivity index (χ3n) is 3.86. The van der Waals surface area contributed by atoms with Crippen molar-refractivity contribution in [2.24, 2.45) is 10.2 Å². The van der Waals surface area contributed by atoms with E-state index in [4.69, 9.17) is 0 Å². The van der Waals surface area contributed by atoms with Crippen LogP contribution in [0.2, 0.25) is 0 Å². The SMILES string of the molecule is O=[N+]([O-])c1ccc(Nc2ccc(N=Nc3c(O)cccc3O)cc2)c(S(=O)(=O)O)c1. The van der Waals surface area contributed by atoms with Crippen LogP contribution in [-0.2, 0) is 10.1 Å². The summed E-state index contributed by atoms with van der Waals surface area (Å²) in [7, 11) is -4.71. The van der Waals surface area contributed by atoms with Crippen LogP contribution >= 0.6 is 0 Å². The van der Waals surface area contributed by atoms with E-state index in [1.54, 1.807) is 0 Å². The Balaban J connectivity index is 1.84. The highest BCUT2D eigenvalue weighted by Gasteiger charge is 2.20. The van der Waals surface area contributed by atoms with Gasteiger partial charge in [0.2, 0.25) is 0 Å². The van der Waals surface area contributed by atoms with Crippen LogP contribution < -0.4 is 5.32 Å². The fraction of sp³-hybridized carbons (Fsp3) is 0. The number of benzene rings is 3. The Morgan fingerprint density at radius 2 is 1.57 bits per heavy atom. The second kappa shape index (κ2) is 8.14. The van der Waals surface area contributed by atoms with Crippen LogP contribution in [0.5, 0.6) is 11.5 Å². The van der Waals surface area contributed by atoms with Crippen LogP contribution in [0.3, 0.4) is 0 Å². The molecule has 3 rings (SSSR count). The minimum atomic E-state index is -4.71. The van der Waals surface area contributed by atoms with Crippen molar-refractivity contribution in [1.29, 1.82) is 0 Å². The van der Waals surface area contributed by atoms with Crippen LogP contribution in [0, 0.1) is 10.1 Å². The van der Waals surface area contributed by atoms with E-state index in [1.807, 2.05) is 0 Å². The van der Waals surface area contributed by atoms with Gasteiger partial charge in [0.25, 0.3) is 15.8 Å². The summed E-state index contributed by atoms with van der Waals surface area (Å²) in [6, 6.07) is 13.2. The minimum absolute atomic E-state index is 0.0587. The van der Waals surface area contributed by atoms with E-state index >= 15 is 0 Å². The lowest BCUT2D eigenvalue weighted by Gasteiger charge is -2.10. The Kier molecular flexibility index (Phi) is 5.62. The number of phenolic OH excluding ortho intramolecular Hbond substituents is 2. The van der Waals surface area contributed by atoms with Crippen LogP contribution in [0.15, 0.2) is 75.8 Å². The van der Waals surface area contributed by atoms with E-state index < -0.39 is 25.6 Å². The van der Waals surface area contributed by atoms with Gasteiger partial charge in [-0.05, 0) is 42.5 Å². The first-order chi connectivity index (χ1) is 14.1. The lowest BCUT2D eigenvalue weighted by Crippen LogP contribution is -2.04. The summed E-state index contributed by atoms with van der Waals surface area (Å²) in [5.74, 6) is -0.485. The fourth-order valence-electron chi connectivity index (χ4n) is 2.44. The summed E-state index contributed by atoms with van der Waals surface area (Å²) in [4.78, 5) is 9.43. The van der Waals surface area contributed by atoms with Gasteiger partial charge >= 0.3 is 0 Å². The van der Waals surface area contributed by atoms with Crippen molar-refractivity contribution in [3.63, 3.8) is 0 Å². The van der Waals surface area contributed by atoms with Gasteiger partial charge in [-0.2, -0.15) is 13.5 Å². The lowest BCUT2D eigenvalue weighted by molar-refractivity contribution is -0.385. The van der Waals surface area contributed by atoms with Gasteiger partial charge in [0.05, 0.1) is 16.3 Å². The molecule has 0 amide bonds. The van der Waals surface area contributed by atoms with E-state index in [0.29, 0.717) is 11.4 Å². The molecule has 3 aromatic carbocycles. The highest BCUT2D eigenvalue weighted by molar-refractivity contribution is 7.86. The number of phenols is 2. The highest BCUT2D eigenvalue weighted by atomic mass is 32.2. The average molecular weight is 430 g/mol. The van der Waals surface area contributed by atoms with Crippen molar-refractivity contribution in [1.82, 2.24) is 0 Å². The molecule has 0 spiro atoms. The summed E-state index contributed by atoms with van der Waals surface area (Å²) in [6.45, 7) is 0. The Bertz CT molecular complexity index is 1220. The second-order valence-electron chi connectivity index (χ2n) is 5.93. The molecule has 3 aromatic rings. The predicted molar refractivity (Wildman–Crippen MR) is 107 cm³/mol. The molecular weight excluding hydrogens is 416 g/mol. The zero-order valence-electron chi connectivity index (χ0n) is 15.0. The first kappa shape index (κ1) is 20.7. The largest absolute Gasteiger partial charge is 0.505 e. The number of nitro groups is 1. The zero-order valence-corrected chi connectivity index (χ0v) is 15.8. The quantitative estimate of drug-likeness (QED) is 0.192. The fourth-order valence-corrected chi connectivity index (χ4v) is 3.10. The molecule has 0 saturated heterocycles. The van der Waals surface area contributed by atoms with E-state index in [0.717, 1.165) is 18.2 Å². The van der Waals surface area contributed by atoms with Crippen molar-refractivity contribution in [2.75, 3.05) is 5.32 Å². The molecule has 0 fully saturated rings. The van der Waals surface area contributed by atoms with Crippen molar-refractivity contribution in [3.05, 3.63) is 70.8 Å². The third kappa shape index (κ3) is 4.68. The standard InChI is InChI=1S/C18H14N4O7S/c23-15-2-1-3-16(24)18(15)21-20-12-6-4-11(5-7-12)19-14-9-8-13(22(25)26)10-17(14)30(27,28)29/h1-10,19,23-24H,(H,27,28,29). The topological polar surface area (TPSA) is 175 Å². The first-order valence-electron chi connectivity index (χ1n) is 8.21. The molecule has 154 valence electrons. The number of anilines is 2. The number of non-ortho nitro benzene ring substituents is 1. The normalized spacial score (nSPS) is 11.5. The highest BCUT2D eigenvalue weighted by Crippen LogP contribution is 2.36. The summed E-state index contributed by atoms with van der Waals surface area (Å²) in [5, 5.41) is 40.7. The van der Waals surface area contributed by atoms with Crippen LogP contribution in [-0.4, -0.2) is 28.1 Å². The zero-order chi connectivity index (χ0) is 21.9.